The topological polar surface area (TPSA) is 140 Å². The van der Waals surface area contributed by atoms with Crippen LogP contribution in [-0.4, -0.2) is 48.3 Å². The van der Waals surface area contributed by atoms with Gasteiger partial charge in [-0.25, -0.2) is 14.5 Å². The Morgan fingerprint density at radius 1 is 0.907 bits per heavy atom. The lowest BCUT2D eigenvalue weighted by molar-refractivity contribution is -0.131. The molecule has 6 aromatic rings. The van der Waals surface area contributed by atoms with E-state index >= 15 is 0 Å². The number of carboxylic acids is 1. The summed E-state index contributed by atoms with van der Waals surface area (Å²) in [7, 11) is 0. The van der Waals surface area contributed by atoms with E-state index in [0.717, 1.165) is 41.1 Å². The number of hydrogen-bond acceptors (Lipinski definition) is 6. The molecule has 1 unspecified atom stereocenters. The molecule has 0 aliphatic heterocycles. The summed E-state index contributed by atoms with van der Waals surface area (Å²) in [6, 6.07) is 31.3. The SMILES string of the molecule is O=C(O)/C=C/c1ccc(NC(=O)C(Cc2cncn2COCc2ccccc2)NC(=O)c2ccc3c(C4CCCCC4)n(-c4ccccc4)nc3c2)cc1. The lowest BCUT2D eigenvalue weighted by Crippen LogP contribution is -2.45. The Kier molecular flexibility index (Phi) is 11.3. The first kappa shape index (κ1) is 36.0. The van der Waals surface area contributed by atoms with Crippen LogP contribution in [0.5, 0.6) is 0 Å². The molecule has 2 heterocycles. The standard InChI is InChI=1S/C43H42N6O5/c50-40(51)23-18-30-16-20-34(21-17-30)45-43(53)39(25-36-26-44-28-48(36)29-54-27-31-10-4-1-5-11-31)46-42(52)33-19-22-37-38(24-33)47-49(35-14-8-3-9-15-35)41(37)32-12-6-2-7-13-32/h1,3-5,8-11,14-24,26,28,32,39H,2,6-7,12-13,25,27,29H2,(H,45,53)(H,46,52)(H,50,51)/b23-18+. The van der Waals surface area contributed by atoms with Gasteiger partial charge >= 0.3 is 5.97 Å². The Labute approximate surface area is 313 Å². The van der Waals surface area contributed by atoms with E-state index in [9.17, 15) is 14.4 Å². The predicted octanol–water partition coefficient (Wildman–Crippen LogP) is 7.52. The van der Waals surface area contributed by atoms with Crippen molar-refractivity contribution in [2.24, 2.45) is 0 Å². The first-order valence-corrected chi connectivity index (χ1v) is 18.2. The van der Waals surface area contributed by atoms with Crippen molar-refractivity contribution < 1.29 is 24.2 Å². The van der Waals surface area contributed by atoms with Crippen molar-refractivity contribution >= 4 is 40.4 Å². The number of amides is 2. The third-order valence-electron chi connectivity index (χ3n) is 9.74. The zero-order valence-electron chi connectivity index (χ0n) is 29.8. The Bertz CT molecular complexity index is 2240. The number of para-hydroxylation sites is 1. The number of carbonyl (C=O) groups excluding carboxylic acids is 2. The molecule has 11 nitrogen and oxygen atoms in total. The molecular formula is C43H42N6O5. The van der Waals surface area contributed by atoms with Gasteiger partial charge in [-0.05, 0) is 66.4 Å². The molecule has 0 saturated heterocycles. The lowest BCUT2D eigenvalue weighted by atomic mass is 9.85. The summed E-state index contributed by atoms with van der Waals surface area (Å²) in [5, 5.41) is 20.9. The molecule has 2 aromatic heterocycles. The van der Waals surface area contributed by atoms with Crippen LogP contribution in [0.4, 0.5) is 5.69 Å². The second-order valence-electron chi connectivity index (χ2n) is 13.5. The fraction of sp³-hybridized carbons (Fsp3) is 0.233. The van der Waals surface area contributed by atoms with Crippen molar-refractivity contribution in [3.8, 4) is 5.69 Å². The molecule has 1 aliphatic rings. The zero-order chi connectivity index (χ0) is 37.3. The second-order valence-corrected chi connectivity index (χ2v) is 13.5. The molecule has 1 fully saturated rings. The van der Waals surface area contributed by atoms with Crippen LogP contribution in [0, 0.1) is 0 Å². The molecule has 3 N–H and O–H groups in total. The highest BCUT2D eigenvalue weighted by Crippen LogP contribution is 2.38. The first-order valence-electron chi connectivity index (χ1n) is 18.2. The number of nitrogens with one attached hydrogen (secondary N) is 2. The Balaban J connectivity index is 1.14. The molecule has 1 saturated carbocycles. The van der Waals surface area contributed by atoms with Crippen molar-refractivity contribution in [3.63, 3.8) is 0 Å². The zero-order valence-corrected chi connectivity index (χ0v) is 29.8. The van der Waals surface area contributed by atoms with E-state index in [1.807, 2.05) is 76.0 Å². The molecule has 274 valence electrons. The van der Waals surface area contributed by atoms with E-state index in [-0.39, 0.29) is 13.2 Å². The summed E-state index contributed by atoms with van der Waals surface area (Å²) in [6.07, 6.45) is 11.8. The van der Waals surface area contributed by atoms with E-state index in [1.54, 1.807) is 48.9 Å². The minimum Gasteiger partial charge on any atom is -0.478 e. The van der Waals surface area contributed by atoms with Gasteiger partial charge in [-0.15, -0.1) is 0 Å². The predicted molar refractivity (Wildman–Crippen MR) is 207 cm³/mol. The Morgan fingerprint density at radius 3 is 2.39 bits per heavy atom. The van der Waals surface area contributed by atoms with E-state index in [1.165, 1.54) is 31.0 Å². The van der Waals surface area contributed by atoms with E-state index in [2.05, 4.69) is 15.6 Å². The van der Waals surface area contributed by atoms with Crippen LogP contribution < -0.4 is 10.6 Å². The quantitative estimate of drug-likeness (QED) is 0.0989. The average molecular weight is 723 g/mol. The number of ether oxygens (including phenoxy) is 1. The van der Waals surface area contributed by atoms with Crippen molar-refractivity contribution in [2.45, 2.75) is 63.8 Å². The van der Waals surface area contributed by atoms with Gasteiger partial charge in [-0.3, -0.25) is 9.59 Å². The van der Waals surface area contributed by atoms with E-state index in [4.69, 9.17) is 14.9 Å². The number of imidazole rings is 1. The van der Waals surface area contributed by atoms with E-state index < -0.39 is 23.8 Å². The number of aliphatic carboxylic acids is 1. The maximum absolute atomic E-state index is 14.0. The third kappa shape index (κ3) is 8.82. The van der Waals surface area contributed by atoms with Gasteiger partial charge in [0.25, 0.3) is 5.91 Å². The number of nitrogens with zero attached hydrogens (tertiary/aromatic N) is 4. The van der Waals surface area contributed by atoms with Gasteiger partial charge in [-0.2, -0.15) is 5.10 Å². The van der Waals surface area contributed by atoms with Gasteiger partial charge in [0.1, 0.15) is 12.8 Å². The van der Waals surface area contributed by atoms with Crippen LogP contribution in [0.15, 0.2) is 122 Å². The van der Waals surface area contributed by atoms with Gasteiger partial charge in [-0.1, -0.05) is 86.0 Å². The second kappa shape index (κ2) is 17.0. The minimum absolute atomic E-state index is 0.141. The number of hydrogen-bond donors (Lipinski definition) is 3. The molecule has 1 aliphatic carbocycles. The van der Waals surface area contributed by atoms with Crippen molar-refractivity contribution in [2.75, 3.05) is 5.32 Å². The van der Waals surface area contributed by atoms with Crippen LogP contribution in [-0.2, 0) is 34.1 Å². The highest BCUT2D eigenvalue weighted by Gasteiger charge is 2.27. The third-order valence-corrected chi connectivity index (χ3v) is 9.74. The molecule has 0 bridgehead atoms. The molecular weight excluding hydrogens is 681 g/mol. The maximum atomic E-state index is 14.0. The number of benzene rings is 4. The van der Waals surface area contributed by atoms with Crippen LogP contribution in [0.1, 0.15) is 70.9 Å². The smallest absolute Gasteiger partial charge is 0.328 e. The summed E-state index contributed by atoms with van der Waals surface area (Å²) >= 11 is 0. The van der Waals surface area contributed by atoms with E-state index in [0.29, 0.717) is 35.0 Å². The molecule has 0 spiro atoms. The number of rotatable bonds is 14. The largest absolute Gasteiger partial charge is 0.478 e. The summed E-state index contributed by atoms with van der Waals surface area (Å²) in [4.78, 5) is 43.2. The van der Waals surface area contributed by atoms with Crippen LogP contribution in [0.25, 0.3) is 22.7 Å². The maximum Gasteiger partial charge on any atom is 0.328 e. The Hall–Kier alpha value is -6.33. The van der Waals surface area contributed by atoms with Crippen molar-refractivity contribution in [1.29, 1.82) is 0 Å². The number of aromatic nitrogens is 4. The first-order chi connectivity index (χ1) is 26.4. The molecule has 54 heavy (non-hydrogen) atoms. The average Bonchev–Trinajstić information content (AvgIpc) is 3.82. The fourth-order valence-electron chi connectivity index (χ4n) is 6.99. The number of carboxylic acid groups (broad SMARTS) is 1. The lowest BCUT2D eigenvalue weighted by Gasteiger charge is -2.23. The van der Waals surface area contributed by atoms with Crippen molar-refractivity contribution in [3.05, 3.63) is 150 Å². The van der Waals surface area contributed by atoms with Gasteiger partial charge in [0.15, 0.2) is 0 Å². The van der Waals surface area contributed by atoms with Gasteiger partial charge in [0.05, 0.1) is 29.8 Å². The number of carbonyl (C=O) groups is 3. The molecule has 2 amide bonds. The minimum atomic E-state index is -1.05. The molecule has 11 heteroatoms. The van der Waals surface area contributed by atoms with Crippen LogP contribution in [0.3, 0.4) is 0 Å². The summed E-state index contributed by atoms with van der Waals surface area (Å²) in [5.74, 6) is -1.51. The van der Waals surface area contributed by atoms with Gasteiger partial charge < -0.3 is 25.0 Å². The van der Waals surface area contributed by atoms with Crippen molar-refractivity contribution in [1.82, 2.24) is 24.6 Å². The van der Waals surface area contributed by atoms with Crippen LogP contribution in [0.2, 0.25) is 0 Å². The Morgan fingerprint density at radius 2 is 1.65 bits per heavy atom. The molecule has 0 radical (unpaired) electrons. The fourth-order valence-corrected chi connectivity index (χ4v) is 6.99. The molecule has 7 rings (SSSR count). The molecule has 1 atom stereocenters. The monoisotopic (exact) mass is 722 g/mol. The highest BCUT2D eigenvalue weighted by molar-refractivity contribution is 6.03. The highest BCUT2D eigenvalue weighted by atomic mass is 16.5. The van der Waals surface area contributed by atoms with Gasteiger partial charge in [0.2, 0.25) is 5.91 Å². The number of anilines is 1. The normalized spacial score (nSPS) is 13.9. The van der Waals surface area contributed by atoms with Crippen LogP contribution >= 0.6 is 0 Å². The summed E-state index contributed by atoms with van der Waals surface area (Å²) < 4.78 is 9.79. The summed E-state index contributed by atoms with van der Waals surface area (Å²) in [5.41, 5.74) is 6.16. The molecule has 4 aromatic carbocycles. The summed E-state index contributed by atoms with van der Waals surface area (Å²) in [6.45, 7) is 0.615. The van der Waals surface area contributed by atoms with Gasteiger partial charge in [0, 0.05) is 46.9 Å². The number of fused-ring (bicyclic) bond motifs is 1.